The molecule has 1 N–H and O–H groups in total. The lowest BCUT2D eigenvalue weighted by Crippen LogP contribution is -2.09. The molecule has 2 rings (SSSR count). The Morgan fingerprint density at radius 3 is 2.36 bits per heavy atom. The zero-order chi connectivity index (χ0) is 16.1. The minimum absolute atomic E-state index is 0.226. The molecule has 2 aromatic rings. The van der Waals surface area contributed by atoms with Crippen LogP contribution in [0, 0.1) is 0 Å². The third-order valence-corrected chi connectivity index (χ3v) is 4.13. The molecule has 0 heterocycles. The first-order valence-corrected chi connectivity index (χ1v) is 7.55. The molecule has 0 aliphatic rings. The van der Waals surface area contributed by atoms with E-state index in [1.807, 2.05) is 12.1 Å². The summed E-state index contributed by atoms with van der Waals surface area (Å²) in [5, 5.41) is 9.56. The Hall–Kier alpha value is -1.98. The molecule has 22 heavy (non-hydrogen) atoms. The Labute approximate surface area is 137 Å². The third kappa shape index (κ3) is 4.26. The number of carbonyl (C=O) groups is 2. The van der Waals surface area contributed by atoms with E-state index in [1.165, 1.54) is 18.9 Å². The first kappa shape index (κ1) is 16.4. The fourth-order valence-electron chi connectivity index (χ4n) is 1.87. The maximum atomic E-state index is 11.8. The molecular weight excluding hydrogens is 324 g/mol. The Morgan fingerprint density at radius 2 is 1.77 bits per heavy atom. The summed E-state index contributed by atoms with van der Waals surface area (Å²) in [6.45, 7) is 0. The van der Waals surface area contributed by atoms with Crippen molar-refractivity contribution in [2.45, 2.75) is 16.2 Å². The zero-order valence-electron chi connectivity index (χ0n) is 11.7. The van der Waals surface area contributed by atoms with Crippen LogP contribution in [0.4, 0.5) is 0 Å². The van der Waals surface area contributed by atoms with Gasteiger partial charge in [-0.25, -0.2) is 4.79 Å². The number of hydrogen-bond acceptors (Lipinski definition) is 4. The number of carbonyl (C=O) groups excluding carboxylic acids is 1. The van der Waals surface area contributed by atoms with Crippen LogP contribution in [-0.4, -0.2) is 24.2 Å². The molecule has 0 atom stereocenters. The summed E-state index contributed by atoms with van der Waals surface area (Å²) >= 11 is 7.30. The van der Waals surface area contributed by atoms with Gasteiger partial charge in [-0.3, -0.25) is 4.79 Å². The highest BCUT2D eigenvalue weighted by atomic mass is 35.5. The Kier molecular flexibility index (Phi) is 5.46. The number of esters is 1. The number of carboxylic acid groups (broad SMARTS) is 1. The second kappa shape index (κ2) is 7.33. The van der Waals surface area contributed by atoms with Gasteiger partial charge in [0, 0.05) is 14.8 Å². The van der Waals surface area contributed by atoms with E-state index in [1.54, 1.807) is 30.3 Å². The van der Waals surface area contributed by atoms with Gasteiger partial charge in [-0.05, 0) is 42.0 Å². The van der Waals surface area contributed by atoms with Crippen LogP contribution in [0.2, 0.25) is 5.02 Å². The lowest BCUT2D eigenvalue weighted by Gasteiger charge is -2.09. The molecule has 0 aromatic heterocycles. The highest BCUT2D eigenvalue weighted by Crippen LogP contribution is 2.30. The van der Waals surface area contributed by atoms with Crippen molar-refractivity contribution in [2.75, 3.05) is 7.11 Å². The smallest absolute Gasteiger partial charge is 0.338 e. The molecule has 4 nitrogen and oxygen atoms in total. The summed E-state index contributed by atoms with van der Waals surface area (Å²) < 4.78 is 4.72. The average molecular weight is 337 g/mol. The molecule has 0 fully saturated rings. The molecule has 0 spiro atoms. The molecule has 0 saturated carbocycles. The van der Waals surface area contributed by atoms with Crippen LogP contribution < -0.4 is 0 Å². The Morgan fingerprint density at radius 1 is 1.14 bits per heavy atom. The first-order valence-electron chi connectivity index (χ1n) is 6.36. The van der Waals surface area contributed by atoms with E-state index in [0.29, 0.717) is 10.6 Å². The molecule has 0 saturated heterocycles. The van der Waals surface area contributed by atoms with Gasteiger partial charge >= 0.3 is 11.9 Å². The molecule has 0 aliphatic carbocycles. The first-order chi connectivity index (χ1) is 10.5. The van der Waals surface area contributed by atoms with Crippen LogP contribution in [0.25, 0.3) is 0 Å². The number of carboxylic acids is 1. The molecule has 0 bridgehead atoms. The molecule has 6 heteroatoms. The van der Waals surface area contributed by atoms with Gasteiger partial charge in [-0.2, -0.15) is 0 Å². The van der Waals surface area contributed by atoms with E-state index in [4.69, 9.17) is 21.4 Å². The highest BCUT2D eigenvalue weighted by Gasteiger charge is 2.15. The number of methoxy groups -OCH3 is 1. The summed E-state index contributed by atoms with van der Waals surface area (Å²) in [4.78, 5) is 24.5. The van der Waals surface area contributed by atoms with Crippen LogP contribution in [-0.2, 0) is 16.0 Å². The fraction of sp³-hybridized carbons (Fsp3) is 0.125. The number of rotatable bonds is 5. The minimum atomic E-state index is -0.997. The Balaban J connectivity index is 2.31. The van der Waals surface area contributed by atoms with Crippen molar-refractivity contribution >= 4 is 35.3 Å². The van der Waals surface area contributed by atoms with Gasteiger partial charge in [0.25, 0.3) is 0 Å². The maximum Gasteiger partial charge on any atom is 0.338 e. The second-order valence-corrected chi connectivity index (χ2v) is 6.02. The van der Waals surface area contributed by atoms with Crippen molar-refractivity contribution in [1.82, 2.24) is 0 Å². The lowest BCUT2D eigenvalue weighted by atomic mass is 10.0. The van der Waals surface area contributed by atoms with Gasteiger partial charge in [-0.15, -0.1) is 0 Å². The molecule has 2 aromatic carbocycles. The van der Waals surface area contributed by atoms with E-state index >= 15 is 0 Å². The minimum Gasteiger partial charge on any atom is -0.481 e. The molecule has 0 unspecified atom stereocenters. The van der Waals surface area contributed by atoms with Crippen molar-refractivity contribution < 1.29 is 19.4 Å². The monoisotopic (exact) mass is 336 g/mol. The lowest BCUT2D eigenvalue weighted by molar-refractivity contribution is -0.136. The summed E-state index contributed by atoms with van der Waals surface area (Å²) in [7, 11) is 1.27. The quantitative estimate of drug-likeness (QED) is 0.839. The van der Waals surface area contributed by atoms with Gasteiger partial charge in [0.05, 0.1) is 19.1 Å². The van der Waals surface area contributed by atoms with Gasteiger partial charge < -0.3 is 9.84 Å². The van der Waals surface area contributed by atoms with E-state index in [-0.39, 0.29) is 12.0 Å². The predicted molar refractivity (Wildman–Crippen MR) is 84.7 cm³/mol. The SMILES string of the molecule is COC(=O)c1cc(Sc2ccc(Cl)cc2)ccc1CC(=O)O. The number of halogens is 1. The van der Waals surface area contributed by atoms with Crippen molar-refractivity contribution in [3.8, 4) is 0 Å². The topological polar surface area (TPSA) is 63.6 Å². The van der Waals surface area contributed by atoms with Crippen molar-refractivity contribution in [3.05, 3.63) is 58.6 Å². The van der Waals surface area contributed by atoms with Gasteiger partial charge in [0.1, 0.15) is 0 Å². The maximum absolute atomic E-state index is 11.8. The van der Waals surface area contributed by atoms with Crippen LogP contribution in [0.5, 0.6) is 0 Å². The van der Waals surface area contributed by atoms with Gasteiger partial charge in [0.2, 0.25) is 0 Å². The standard InChI is InChI=1S/C16H13ClO4S/c1-21-16(20)14-9-13(5-2-10(14)8-15(18)19)22-12-6-3-11(17)4-7-12/h2-7,9H,8H2,1H3,(H,18,19). The fourth-order valence-corrected chi connectivity index (χ4v) is 2.86. The van der Waals surface area contributed by atoms with E-state index in [2.05, 4.69) is 0 Å². The van der Waals surface area contributed by atoms with E-state index < -0.39 is 11.9 Å². The van der Waals surface area contributed by atoms with Crippen LogP contribution in [0.1, 0.15) is 15.9 Å². The number of benzene rings is 2. The predicted octanol–water partition coefficient (Wildman–Crippen LogP) is 3.90. The van der Waals surface area contributed by atoms with Gasteiger partial charge in [-0.1, -0.05) is 29.4 Å². The summed E-state index contributed by atoms with van der Waals surface area (Å²) in [6, 6.07) is 12.4. The van der Waals surface area contributed by atoms with Crippen molar-refractivity contribution in [3.63, 3.8) is 0 Å². The van der Waals surface area contributed by atoms with Gasteiger partial charge in [0.15, 0.2) is 0 Å². The highest BCUT2D eigenvalue weighted by molar-refractivity contribution is 7.99. The second-order valence-electron chi connectivity index (χ2n) is 4.44. The zero-order valence-corrected chi connectivity index (χ0v) is 13.3. The molecule has 0 amide bonds. The Bertz CT molecular complexity index is 698. The van der Waals surface area contributed by atoms with Crippen molar-refractivity contribution in [1.29, 1.82) is 0 Å². The molecular formula is C16H13ClO4S. The average Bonchev–Trinajstić information content (AvgIpc) is 2.50. The largest absolute Gasteiger partial charge is 0.481 e. The van der Waals surface area contributed by atoms with E-state index in [9.17, 15) is 9.59 Å². The molecule has 0 aliphatic heterocycles. The molecule has 0 radical (unpaired) electrons. The molecule has 114 valence electrons. The summed E-state index contributed by atoms with van der Waals surface area (Å²) in [6.07, 6.45) is -0.226. The van der Waals surface area contributed by atoms with Crippen molar-refractivity contribution in [2.24, 2.45) is 0 Å². The van der Waals surface area contributed by atoms with Crippen LogP contribution >= 0.6 is 23.4 Å². The summed E-state index contributed by atoms with van der Waals surface area (Å²) in [5.74, 6) is -1.54. The normalized spacial score (nSPS) is 10.3. The number of ether oxygens (including phenoxy) is 1. The number of hydrogen-bond donors (Lipinski definition) is 1. The number of aliphatic carboxylic acids is 1. The van der Waals surface area contributed by atoms with E-state index in [0.717, 1.165) is 9.79 Å². The third-order valence-electron chi connectivity index (χ3n) is 2.88. The van der Waals surface area contributed by atoms with Crippen LogP contribution in [0.3, 0.4) is 0 Å². The summed E-state index contributed by atoms with van der Waals surface area (Å²) in [5.41, 5.74) is 0.698. The van der Waals surface area contributed by atoms with Crippen LogP contribution in [0.15, 0.2) is 52.3 Å².